The Morgan fingerprint density at radius 1 is 1.27 bits per heavy atom. The average Bonchev–Trinajstić information content (AvgIpc) is 3.20. The summed E-state index contributed by atoms with van der Waals surface area (Å²) in [5.41, 5.74) is 0.349. The van der Waals surface area contributed by atoms with Gasteiger partial charge in [0.25, 0.3) is 17.5 Å². The van der Waals surface area contributed by atoms with Gasteiger partial charge in [0, 0.05) is 12.1 Å². The van der Waals surface area contributed by atoms with Crippen LogP contribution in [0.15, 0.2) is 51.5 Å². The smallest absolute Gasteiger partial charge is 0.284 e. The number of amides is 2. The largest absolute Gasteiger partial charge is 0.497 e. The molecule has 0 fully saturated rings. The summed E-state index contributed by atoms with van der Waals surface area (Å²) in [4.78, 5) is 36.8. The molecular formula is C21H17N3O6. The molecule has 1 aliphatic rings. The topological polar surface area (TPSA) is 127 Å². The van der Waals surface area contributed by atoms with Crippen LogP contribution in [0.25, 0.3) is 17.4 Å². The number of hydrogen-bond donors (Lipinski definition) is 0. The molecule has 30 heavy (non-hydrogen) atoms. The number of carbonyl (C=O) groups excluding carboxylic acids is 2. The van der Waals surface area contributed by atoms with Crippen molar-refractivity contribution in [3.8, 4) is 23.1 Å². The monoisotopic (exact) mass is 407 g/mol. The van der Waals surface area contributed by atoms with Crippen LogP contribution in [0, 0.1) is 21.4 Å². The number of likely N-dealkylation sites (N-methyl/N-ethyl adjacent to an activating group) is 1. The highest BCUT2D eigenvalue weighted by atomic mass is 16.6. The molecule has 9 nitrogen and oxygen atoms in total. The number of nitriles is 1. The second-order valence-corrected chi connectivity index (χ2v) is 6.37. The maximum absolute atomic E-state index is 12.7. The fraction of sp³-hybridized carbons (Fsp3) is 0.190. The second kappa shape index (κ2) is 8.05. The number of methoxy groups -OCH3 is 1. The molecule has 1 aromatic carbocycles. The van der Waals surface area contributed by atoms with E-state index in [-0.39, 0.29) is 46.0 Å². The summed E-state index contributed by atoms with van der Waals surface area (Å²) in [6.45, 7) is 3.27. The molecule has 0 saturated heterocycles. The molecule has 0 saturated carbocycles. The van der Waals surface area contributed by atoms with Crippen molar-refractivity contribution < 1.29 is 23.7 Å². The number of benzene rings is 1. The van der Waals surface area contributed by atoms with Crippen LogP contribution in [-0.4, -0.2) is 35.3 Å². The van der Waals surface area contributed by atoms with Crippen LogP contribution in [-0.2, 0) is 9.59 Å². The Labute approximate surface area is 171 Å². The van der Waals surface area contributed by atoms with Crippen molar-refractivity contribution in [3.63, 3.8) is 0 Å². The summed E-state index contributed by atoms with van der Waals surface area (Å²) >= 11 is 0. The summed E-state index contributed by atoms with van der Waals surface area (Å²) in [6.07, 6.45) is 1.42. The summed E-state index contributed by atoms with van der Waals surface area (Å²) < 4.78 is 10.7. The predicted octanol–water partition coefficient (Wildman–Crippen LogP) is 3.48. The van der Waals surface area contributed by atoms with Crippen molar-refractivity contribution in [3.05, 3.63) is 62.9 Å². The van der Waals surface area contributed by atoms with E-state index >= 15 is 0 Å². The molecule has 1 aromatic heterocycles. The molecule has 2 heterocycles. The third kappa shape index (κ3) is 3.46. The van der Waals surface area contributed by atoms with Gasteiger partial charge in [0.05, 0.1) is 23.7 Å². The van der Waals surface area contributed by atoms with Crippen molar-refractivity contribution in [1.29, 1.82) is 5.26 Å². The van der Waals surface area contributed by atoms with E-state index in [0.717, 1.165) is 4.90 Å². The number of ether oxygens (including phenoxy) is 1. The third-order valence-electron chi connectivity index (χ3n) is 4.72. The molecule has 0 spiro atoms. The standard InChI is InChI=1S/C21H17N3O6/c1-4-23-20(25)16(12(2)17(11-22)21(23)26)9-14-6-8-19(30-14)15-7-5-13(29-3)10-18(15)24(27)28/h5-10H,4H2,1-3H3/b16-9+. The molecular weight excluding hydrogens is 390 g/mol. The van der Waals surface area contributed by atoms with E-state index in [2.05, 4.69) is 0 Å². The molecule has 2 aromatic rings. The molecule has 0 N–H and O–H groups in total. The zero-order chi connectivity index (χ0) is 22.0. The number of imide groups is 1. The highest BCUT2D eigenvalue weighted by Gasteiger charge is 2.34. The number of carbonyl (C=O) groups is 2. The Balaban J connectivity index is 2.07. The first kappa shape index (κ1) is 20.5. The molecule has 152 valence electrons. The van der Waals surface area contributed by atoms with Crippen molar-refractivity contribution in [1.82, 2.24) is 4.90 Å². The SMILES string of the molecule is CCN1C(=O)C(C#N)=C(C)/C(=C\c2ccc(-c3ccc(OC)cc3[N+](=O)[O-])o2)C1=O. The molecule has 0 bridgehead atoms. The molecule has 1 aliphatic heterocycles. The van der Waals surface area contributed by atoms with Crippen molar-refractivity contribution in [2.45, 2.75) is 13.8 Å². The molecule has 3 rings (SSSR count). The van der Waals surface area contributed by atoms with Gasteiger partial charge in [-0.05, 0) is 49.8 Å². The number of nitrogens with zero attached hydrogens (tertiary/aromatic N) is 3. The van der Waals surface area contributed by atoms with Crippen LogP contribution in [0.1, 0.15) is 19.6 Å². The van der Waals surface area contributed by atoms with Crippen LogP contribution >= 0.6 is 0 Å². The minimum absolute atomic E-state index is 0.111. The van der Waals surface area contributed by atoms with Crippen LogP contribution in [0.4, 0.5) is 5.69 Å². The lowest BCUT2D eigenvalue weighted by molar-refractivity contribution is -0.384. The highest BCUT2D eigenvalue weighted by Crippen LogP contribution is 2.35. The number of nitro benzene ring substituents is 1. The highest BCUT2D eigenvalue weighted by molar-refractivity contribution is 6.19. The second-order valence-electron chi connectivity index (χ2n) is 6.37. The zero-order valence-electron chi connectivity index (χ0n) is 16.5. The lowest BCUT2D eigenvalue weighted by Crippen LogP contribution is -2.42. The molecule has 0 unspecified atom stereocenters. The van der Waals surface area contributed by atoms with E-state index in [1.54, 1.807) is 25.1 Å². The average molecular weight is 407 g/mol. The first-order chi connectivity index (χ1) is 14.3. The van der Waals surface area contributed by atoms with Gasteiger partial charge in [0.2, 0.25) is 0 Å². The van der Waals surface area contributed by atoms with Gasteiger partial charge in [-0.25, -0.2) is 0 Å². The van der Waals surface area contributed by atoms with Gasteiger partial charge in [-0.15, -0.1) is 0 Å². The van der Waals surface area contributed by atoms with E-state index in [4.69, 9.17) is 9.15 Å². The summed E-state index contributed by atoms with van der Waals surface area (Å²) in [5.74, 6) is -0.354. The van der Waals surface area contributed by atoms with Gasteiger partial charge in [-0.3, -0.25) is 24.6 Å². The van der Waals surface area contributed by atoms with E-state index in [1.807, 2.05) is 6.07 Å². The van der Waals surface area contributed by atoms with E-state index in [1.165, 1.54) is 32.2 Å². The molecule has 0 aliphatic carbocycles. The molecule has 0 atom stereocenters. The van der Waals surface area contributed by atoms with Crippen LogP contribution in [0.5, 0.6) is 5.75 Å². The third-order valence-corrected chi connectivity index (χ3v) is 4.72. The van der Waals surface area contributed by atoms with Crippen LogP contribution in [0.3, 0.4) is 0 Å². The maximum Gasteiger partial charge on any atom is 0.284 e. The Kier molecular flexibility index (Phi) is 5.51. The Morgan fingerprint density at radius 2 is 2.00 bits per heavy atom. The quantitative estimate of drug-likeness (QED) is 0.321. The van der Waals surface area contributed by atoms with E-state index in [9.17, 15) is 25.0 Å². The van der Waals surface area contributed by atoms with Gasteiger partial charge >= 0.3 is 0 Å². The first-order valence-corrected chi connectivity index (χ1v) is 8.94. The lowest BCUT2D eigenvalue weighted by Gasteiger charge is -2.25. The fourth-order valence-corrected chi connectivity index (χ4v) is 3.13. The van der Waals surface area contributed by atoms with E-state index < -0.39 is 16.7 Å². The summed E-state index contributed by atoms with van der Waals surface area (Å²) in [7, 11) is 1.41. The molecule has 2 amide bonds. The van der Waals surface area contributed by atoms with Crippen LogP contribution < -0.4 is 4.74 Å². The van der Waals surface area contributed by atoms with Gasteiger partial charge in [-0.1, -0.05) is 0 Å². The Bertz CT molecular complexity index is 1170. The summed E-state index contributed by atoms with van der Waals surface area (Å²) in [6, 6.07) is 9.31. The van der Waals surface area contributed by atoms with Crippen molar-refractivity contribution in [2.24, 2.45) is 0 Å². The Morgan fingerprint density at radius 3 is 2.60 bits per heavy atom. The fourth-order valence-electron chi connectivity index (χ4n) is 3.13. The molecule has 9 heteroatoms. The maximum atomic E-state index is 12.7. The number of hydrogen-bond acceptors (Lipinski definition) is 7. The zero-order valence-corrected chi connectivity index (χ0v) is 16.5. The van der Waals surface area contributed by atoms with E-state index in [0.29, 0.717) is 5.75 Å². The van der Waals surface area contributed by atoms with Crippen molar-refractivity contribution in [2.75, 3.05) is 13.7 Å². The number of furan rings is 1. The summed E-state index contributed by atoms with van der Waals surface area (Å²) in [5, 5.41) is 20.7. The predicted molar refractivity (Wildman–Crippen MR) is 106 cm³/mol. The van der Waals surface area contributed by atoms with Gasteiger partial charge in [0.15, 0.2) is 0 Å². The minimum Gasteiger partial charge on any atom is -0.497 e. The minimum atomic E-state index is -0.631. The Hall–Kier alpha value is -4.19. The van der Waals surface area contributed by atoms with Crippen molar-refractivity contribution >= 4 is 23.6 Å². The lowest BCUT2D eigenvalue weighted by atomic mass is 9.95. The number of nitro groups is 1. The normalized spacial score (nSPS) is 15.5. The van der Waals surface area contributed by atoms with Gasteiger partial charge < -0.3 is 9.15 Å². The van der Waals surface area contributed by atoms with Crippen LogP contribution in [0.2, 0.25) is 0 Å². The van der Waals surface area contributed by atoms with Gasteiger partial charge in [0.1, 0.15) is 28.9 Å². The molecule has 0 radical (unpaired) electrons. The first-order valence-electron chi connectivity index (χ1n) is 8.94. The van der Waals surface area contributed by atoms with Gasteiger partial charge in [-0.2, -0.15) is 5.26 Å². The number of rotatable bonds is 5.